The van der Waals surface area contributed by atoms with Crippen LogP contribution in [-0.2, 0) is 11.2 Å². The molecule has 0 bridgehead atoms. The molecule has 0 saturated heterocycles. The number of ether oxygens (including phenoxy) is 1. The van der Waals surface area contributed by atoms with Gasteiger partial charge in [-0.15, -0.1) is 0 Å². The highest BCUT2D eigenvalue weighted by Crippen LogP contribution is 2.32. The number of benzene rings is 2. The van der Waals surface area contributed by atoms with Crippen molar-refractivity contribution in [1.82, 2.24) is 0 Å². The minimum atomic E-state index is 0.114. The average Bonchev–Trinajstić information content (AvgIpc) is 2.90. The molecule has 2 heteroatoms. The Balaban J connectivity index is 1.77. The van der Waals surface area contributed by atoms with E-state index < -0.39 is 0 Å². The van der Waals surface area contributed by atoms with E-state index in [2.05, 4.69) is 12.1 Å². The molecule has 1 fully saturated rings. The lowest BCUT2D eigenvalue weighted by Crippen LogP contribution is -2.10. The molecule has 1 aliphatic rings. The van der Waals surface area contributed by atoms with Gasteiger partial charge in [-0.2, -0.15) is 0 Å². The summed E-state index contributed by atoms with van der Waals surface area (Å²) >= 11 is 0. The summed E-state index contributed by atoms with van der Waals surface area (Å²) in [6.45, 7) is 0. The summed E-state index contributed by atoms with van der Waals surface area (Å²) in [7, 11) is 1.66. The molecule has 0 aromatic heterocycles. The molecule has 1 atom stereocenters. The highest BCUT2D eigenvalue weighted by atomic mass is 16.5. The van der Waals surface area contributed by atoms with Gasteiger partial charge in [-0.05, 0) is 42.5 Å². The molecule has 1 saturated carbocycles. The van der Waals surface area contributed by atoms with E-state index in [-0.39, 0.29) is 11.7 Å². The number of carbonyl (C=O) groups is 1. The van der Waals surface area contributed by atoms with Crippen molar-refractivity contribution in [3.8, 4) is 5.75 Å². The maximum absolute atomic E-state index is 12.6. The number of hydrogen-bond donors (Lipinski definition) is 0. The zero-order chi connectivity index (χ0) is 15.4. The predicted octanol–water partition coefficient (Wildman–Crippen LogP) is 4.30. The van der Waals surface area contributed by atoms with Gasteiger partial charge >= 0.3 is 0 Å². The van der Waals surface area contributed by atoms with E-state index in [4.69, 9.17) is 4.74 Å². The summed E-state index contributed by atoms with van der Waals surface area (Å²) in [5, 5.41) is 0. The molecule has 3 rings (SSSR count). The Morgan fingerprint density at radius 1 is 1.09 bits per heavy atom. The van der Waals surface area contributed by atoms with Crippen LogP contribution in [0.25, 0.3) is 6.08 Å². The summed E-state index contributed by atoms with van der Waals surface area (Å²) < 4.78 is 5.36. The molecule has 0 heterocycles. The third-order valence-electron chi connectivity index (χ3n) is 4.24. The van der Waals surface area contributed by atoms with Gasteiger partial charge < -0.3 is 4.74 Å². The molecule has 2 aromatic rings. The van der Waals surface area contributed by atoms with Gasteiger partial charge in [0.05, 0.1) is 7.11 Å². The number of para-hydroxylation sites is 1. The van der Waals surface area contributed by atoms with Gasteiger partial charge in [-0.1, -0.05) is 48.5 Å². The van der Waals surface area contributed by atoms with E-state index in [1.807, 2.05) is 48.5 Å². The normalized spacial score (nSPS) is 19.6. The molecule has 0 radical (unpaired) electrons. The van der Waals surface area contributed by atoms with Crippen molar-refractivity contribution in [2.75, 3.05) is 7.11 Å². The monoisotopic (exact) mass is 292 g/mol. The third-order valence-corrected chi connectivity index (χ3v) is 4.24. The van der Waals surface area contributed by atoms with Gasteiger partial charge in [0, 0.05) is 11.5 Å². The van der Waals surface area contributed by atoms with Crippen LogP contribution in [-0.4, -0.2) is 12.9 Å². The van der Waals surface area contributed by atoms with E-state index in [1.165, 1.54) is 5.56 Å². The van der Waals surface area contributed by atoms with Crippen molar-refractivity contribution >= 4 is 11.9 Å². The Kier molecular flexibility index (Phi) is 4.38. The molecular formula is C20H20O2. The zero-order valence-electron chi connectivity index (χ0n) is 12.8. The van der Waals surface area contributed by atoms with Crippen LogP contribution < -0.4 is 4.74 Å². The topological polar surface area (TPSA) is 26.3 Å². The van der Waals surface area contributed by atoms with E-state index in [0.717, 1.165) is 36.1 Å². The first-order valence-corrected chi connectivity index (χ1v) is 7.69. The number of allylic oxidation sites excluding steroid dienone is 1. The second-order valence-electron chi connectivity index (χ2n) is 5.70. The Labute approximate surface area is 131 Å². The second-order valence-corrected chi connectivity index (χ2v) is 5.70. The largest absolute Gasteiger partial charge is 0.496 e. The smallest absolute Gasteiger partial charge is 0.162 e. The summed E-state index contributed by atoms with van der Waals surface area (Å²) in [5.74, 6) is 1.22. The van der Waals surface area contributed by atoms with Crippen molar-refractivity contribution in [3.05, 3.63) is 71.3 Å². The summed E-state index contributed by atoms with van der Waals surface area (Å²) in [6.07, 6.45) is 4.62. The second kappa shape index (κ2) is 6.61. The van der Waals surface area contributed by atoms with Crippen LogP contribution in [0.5, 0.6) is 5.75 Å². The lowest BCUT2D eigenvalue weighted by Gasteiger charge is -2.08. The van der Waals surface area contributed by atoms with Crippen molar-refractivity contribution in [2.24, 2.45) is 5.92 Å². The molecule has 1 unspecified atom stereocenters. The van der Waals surface area contributed by atoms with E-state index in [1.54, 1.807) is 7.11 Å². The molecule has 0 spiro atoms. The molecule has 0 N–H and O–H groups in total. The molecule has 1 aliphatic carbocycles. The molecule has 2 nitrogen and oxygen atoms in total. The molecule has 2 aromatic carbocycles. The number of methoxy groups -OCH3 is 1. The van der Waals surface area contributed by atoms with Gasteiger partial charge in [0.2, 0.25) is 0 Å². The van der Waals surface area contributed by atoms with Gasteiger partial charge in [0.1, 0.15) is 5.75 Å². The van der Waals surface area contributed by atoms with Gasteiger partial charge in [0.15, 0.2) is 5.78 Å². The van der Waals surface area contributed by atoms with Crippen LogP contribution in [0.15, 0.2) is 60.2 Å². The predicted molar refractivity (Wildman–Crippen MR) is 88.8 cm³/mol. The van der Waals surface area contributed by atoms with Crippen molar-refractivity contribution in [1.29, 1.82) is 0 Å². The lowest BCUT2D eigenvalue weighted by atomic mass is 9.96. The van der Waals surface area contributed by atoms with Crippen LogP contribution in [0.4, 0.5) is 0 Å². The fourth-order valence-corrected chi connectivity index (χ4v) is 3.06. The summed E-state index contributed by atoms with van der Waals surface area (Å²) in [4.78, 5) is 12.6. The Morgan fingerprint density at radius 2 is 1.82 bits per heavy atom. The standard InChI is InChI=1S/C20H20O2/c1-22-19-10-6-5-9-16(19)14-18-12-11-17(20(18)21)13-15-7-3-2-4-8-15/h2-10,14,17H,11-13H2,1H3/b18-14+. The maximum Gasteiger partial charge on any atom is 0.162 e. The number of Topliss-reactive ketones (excluding diaryl/α,β-unsaturated/α-hetero) is 1. The third kappa shape index (κ3) is 3.11. The molecule has 22 heavy (non-hydrogen) atoms. The number of rotatable bonds is 4. The van der Waals surface area contributed by atoms with Crippen molar-refractivity contribution in [2.45, 2.75) is 19.3 Å². The van der Waals surface area contributed by atoms with Gasteiger partial charge in [0.25, 0.3) is 0 Å². The molecular weight excluding hydrogens is 272 g/mol. The first-order valence-electron chi connectivity index (χ1n) is 7.69. The first kappa shape index (κ1) is 14.6. The Hall–Kier alpha value is -2.35. The number of carbonyl (C=O) groups excluding carboxylic acids is 1. The minimum Gasteiger partial charge on any atom is -0.496 e. The number of hydrogen-bond acceptors (Lipinski definition) is 2. The van der Waals surface area contributed by atoms with Crippen LogP contribution in [0.2, 0.25) is 0 Å². The Bertz CT molecular complexity index is 686. The molecule has 112 valence electrons. The van der Waals surface area contributed by atoms with Crippen molar-refractivity contribution < 1.29 is 9.53 Å². The van der Waals surface area contributed by atoms with E-state index in [0.29, 0.717) is 0 Å². The van der Waals surface area contributed by atoms with Gasteiger partial charge in [-0.3, -0.25) is 4.79 Å². The molecule has 0 amide bonds. The quantitative estimate of drug-likeness (QED) is 0.785. The van der Waals surface area contributed by atoms with Gasteiger partial charge in [-0.25, -0.2) is 0 Å². The average molecular weight is 292 g/mol. The lowest BCUT2D eigenvalue weighted by molar-refractivity contribution is -0.117. The van der Waals surface area contributed by atoms with E-state index in [9.17, 15) is 4.79 Å². The van der Waals surface area contributed by atoms with Crippen LogP contribution in [0.3, 0.4) is 0 Å². The van der Waals surface area contributed by atoms with Crippen LogP contribution >= 0.6 is 0 Å². The SMILES string of the molecule is COc1ccccc1/C=C1\CCC(Cc2ccccc2)C1=O. The van der Waals surface area contributed by atoms with E-state index >= 15 is 0 Å². The Morgan fingerprint density at radius 3 is 2.59 bits per heavy atom. The number of ketones is 1. The summed E-state index contributed by atoms with van der Waals surface area (Å²) in [6, 6.07) is 18.1. The zero-order valence-corrected chi connectivity index (χ0v) is 12.8. The van der Waals surface area contributed by atoms with Crippen LogP contribution in [0, 0.1) is 5.92 Å². The summed E-state index contributed by atoms with van der Waals surface area (Å²) in [5.41, 5.74) is 3.14. The minimum absolute atomic E-state index is 0.114. The fourth-order valence-electron chi connectivity index (χ4n) is 3.06. The van der Waals surface area contributed by atoms with Crippen molar-refractivity contribution in [3.63, 3.8) is 0 Å². The first-order chi connectivity index (χ1) is 10.8. The highest BCUT2D eigenvalue weighted by molar-refractivity contribution is 6.03. The van der Waals surface area contributed by atoms with Crippen LogP contribution in [0.1, 0.15) is 24.0 Å². The maximum atomic E-state index is 12.6. The highest BCUT2D eigenvalue weighted by Gasteiger charge is 2.29. The fraction of sp³-hybridized carbons (Fsp3) is 0.250. The molecule has 0 aliphatic heterocycles.